The molecule has 1 N–H and O–H groups in total. The summed E-state index contributed by atoms with van der Waals surface area (Å²) in [7, 11) is 0. The first kappa shape index (κ1) is 16.7. The van der Waals surface area contributed by atoms with E-state index < -0.39 is 0 Å². The van der Waals surface area contributed by atoms with Crippen molar-refractivity contribution in [2.45, 2.75) is 13.2 Å². The predicted octanol–water partition coefficient (Wildman–Crippen LogP) is 4.41. The van der Waals surface area contributed by atoms with Gasteiger partial charge in [-0.25, -0.2) is 4.98 Å². The second-order valence-electron chi connectivity index (χ2n) is 5.07. The fourth-order valence-electron chi connectivity index (χ4n) is 2.08. The molecule has 3 rings (SSSR count). The number of thiophene rings is 1. The van der Waals surface area contributed by atoms with Crippen LogP contribution in [0.25, 0.3) is 0 Å². The molecule has 0 aliphatic heterocycles. The maximum atomic E-state index is 12.2. The summed E-state index contributed by atoms with van der Waals surface area (Å²) in [6.45, 7) is 0.916. The van der Waals surface area contributed by atoms with Gasteiger partial charge in [-0.15, -0.1) is 11.3 Å². The second kappa shape index (κ2) is 8.08. The zero-order valence-electron chi connectivity index (χ0n) is 12.7. The van der Waals surface area contributed by atoms with Gasteiger partial charge in [0.2, 0.25) is 5.88 Å². The van der Waals surface area contributed by atoms with E-state index in [2.05, 4.69) is 26.2 Å². The molecule has 24 heavy (non-hydrogen) atoms. The number of carbonyl (C=O) groups excluding carboxylic acids is 1. The van der Waals surface area contributed by atoms with Crippen LogP contribution in [0.4, 0.5) is 0 Å². The molecule has 0 radical (unpaired) electrons. The molecule has 0 atom stereocenters. The van der Waals surface area contributed by atoms with E-state index in [1.54, 1.807) is 29.7 Å². The van der Waals surface area contributed by atoms with E-state index in [4.69, 9.17) is 4.74 Å². The van der Waals surface area contributed by atoms with Gasteiger partial charge in [-0.1, -0.05) is 30.3 Å². The lowest BCUT2D eigenvalue weighted by Gasteiger charge is -2.07. The molecule has 0 unspecified atom stereocenters. The standard InChI is InChI=1S/C18H15BrN2O2S/c19-15-9-16(24-12-15)10-21-18(22)14-6-7-20-17(8-14)23-11-13-4-2-1-3-5-13/h1-9,12H,10-11H2,(H,21,22). The summed E-state index contributed by atoms with van der Waals surface area (Å²) in [5.41, 5.74) is 1.58. The van der Waals surface area contributed by atoms with Crippen molar-refractivity contribution < 1.29 is 9.53 Å². The molecule has 0 aliphatic rings. The van der Waals surface area contributed by atoms with Gasteiger partial charge < -0.3 is 10.1 Å². The highest BCUT2D eigenvalue weighted by atomic mass is 79.9. The van der Waals surface area contributed by atoms with Crippen LogP contribution < -0.4 is 10.1 Å². The van der Waals surface area contributed by atoms with Gasteiger partial charge in [-0.3, -0.25) is 4.79 Å². The fraction of sp³-hybridized carbons (Fsp3) is 0.111. The Labute approximate surface area is 152 Å². The molecular formula is C18H15BrN2O2S. The first-order valence-corrected chi connectivity index (χ1v) is 9.02. The van der Waals surface area contributed by atoms with E-state index in [0.717, 1.165) is 14.9 Å². The molecule has 4 nitrogen and oxygen atoms in total. The van der Waals surface area contributed by atoms with Crippen molar-refractivity contribution >= 4 is 33.2 Å². The number of rotatable bonds is 6. The van der Waals surface area contributed by atoms with Gasteiger partial charge in [-0.2, -0.15) is 0 Å². The third kappa shape index (κ3) is 4.66. The summed E-state index contributed by atoms with van der Waals surface area (Å²) < 4.78 is 6.68. The first-order chi connectivity index (χ1) is 11.7. The first-order valence-electron chi connectivity index (χ1n) is 7.34. The third-order valence-corrected chi connectivity index (χ3v) is 4.97. The molecule has 0 bridgehead atoms. The molecule has 122 valence electrons. The summed E-state index contributed by atoms with van der Waals surface area (Å²) in [5, 5.41) is 4.89. The molecular weight excluding hydrogens is 388 g/mol. The Morgan fingerprint density at radius 3 is 2.79 bits per heavy atom. The largest absolute Gasteiger partial charge is 0.473 e. The Kier molecular flexibility index (Phi) is 5.61. The maximum absolute atomic E-state index is 12.2. The quantitative estimate of drug-likeness (QED) is 0.663. The van der Waals surface area contributed by atoms with E-state index in [9.17, 15) is 4.79 Å². The number of nitrogens with one attached hydrogen (secondary N) is 1. The van der Waals surface area contributed by atoms with E-state index in [0.29, 0.717) is 24.6 Å². The van der Waals surface area contributed by atoms with Gasteiger partial charge in [0.25, 0.3) is 5.91 Å². The lowest BCUT2D eigenvalue weighted by molar-refractivity contribution is 0.0950. The molecule has 0 aliphatic carbocycles. The Morgan fingerprint density at radius 2 is 2.04 bits per heavy atom. The number of halogens is 1. The summed E-state index contributed by atoms with van der Waals surface area (Å²) >= 11 is 5.00. The van der Waals surface area contributed by atoms with Gasteiger partial charge in [-0.05, 0) is 33.6 Å². The van der Waals surface area contributed by atoms with Crippen molar-refractivity contribution in [1.82, 2.24) is 10.3 Å². The number of carbonyl (C=O) groups is 1. The number of pyridine rings is 1. The second-order valence-corrected chi connectivity index (χ2v) is 6.98. The highest BCUT2D eigenvalue weighted by Gasteiger charge is 2.08. The topological polar surface area (TPSA) is 51.2 Å². The van der Waals surface area contributed by atoms with Gasteiger partial charge in [0, 0.05) is 32.6 Å². The van der Waals surface area contributed by atoms with Crippen molar-refractivity contribution in [3.63, 3.8) is 0 Å². The van der Waals surface area contributed by atoms with Gasteiger partial charge >= 0.3 is 0 Å². The lowest BCUT2D eigenvalue weighted by atomic mass is 10.2. The summed E-state index contributed by atoms with van der Waals surface area (Å²) in [6.07, 6.45) is 1.58. The van der Waals surface area contributed by atoms with Crippen LogP contribution in [0.5, 0.6) is 5.88 Å². The van der Waals surface area contributed by atoms with E-state index in [1.807, 2.05) is 41.8 Å². The molecule has 0 spiro atoms. The van der Waals surface area contributed by atoms with E-state index in [-0.39, 0.29) is 5.91 Å². The number of nitrogens with zero attached hydrogens (tertiary/aromatic N) is 1. The minimum absolute atomic E-state index is 0.147. The molecule has 0 saturated carbocycles. The molecule has 2 heterocycles. The highest BCUT2D eigenvalue weighted by Crippen LogP contribution is 2.19. The predicted molar refractivity (Wildman–Crippen MR) is 98.2 cm³/mol. The smallest absolute Gasteiger partial charge is 0.251 e. The van der Waals surface area contributed by atoms with Crippen molar-refractivity contribution in [2.75, 3.05) is 0 Å². The summed E-state index contributed by atoms with van der Waals surface area (Å²) in [6, 6.07) is 15.2. The van der Waals surface area contributed by atoms with Crippen LogP contribution >= 0.6 is 27.3 Å². The van der Waals surface area contributed by atoms with E-state index >= 15 is 0 Å². The fourth-order valence-corrected chi connectivity index (χ4v) is 3.47. The number of benzene rings is 1. The molecule has 3 aromatic rings. The zero-order chi connectivity index (χ0) is 16.8. The average Bonchev–Trinajstić information content (AvgIpc) is 3.04. The number of aromatic nitrogens is 1. The van der Waals surface area contributed by atoms with Gasteiger partial charge in [0.15, 0.2) is 0 Å². The van der Waals surface area contributed by atoms with E-state index in [1.165, 1.54) is 0 Å². The molecule has 2 aromatic heterocycles. The van der Waals surface area contributed by atoms with Crippen molar-refractivity contribution in [2.24, 2.45) is 0 Å². The molecule has 1 amide bonds. The minimum Gasteiger partial charge on any atom is -0.473 e. The van der Waals surface area contributed by atoms with Gasteiger partial charge in [0.05, 0.1) is 6.54 Å². The Hall–Kier alpha value is -2.18. The zero-order valence-corrected chi connectivity index (χ0v) is 15.1. The maximum Gasteiger partial charge on any atom is 0.251 e. The number of hydrogen-bond donors (Lipinski definition) is 1. The van der Waals surface area contributed by atoms with Crippen molar-refractivity contribution in [3.05, 3.63) is 80.6 Å². The molecule has 0 saturated heterocycles. The van der Waals surface area contributed by atoms with Crippen LogP contribution in [0.2, 0.25) is 0 Å². The third-order valence-electron chi connectivity index (χ3n) is 3.27. The molecule has 0 fully saturated rings. The summed E-state index contributed by atoms with van der Waals surface area (Å²) in [4.78, 5) is 17.5. The minimum atomic E-state index is -0.147. The number of ether oxygens (including phenoxy) is 1. The van der Waals surface area contributed by atoms with Crippen LogP contribution in [-0.2, 0) is 13.2 Å². The summed E-state index contributed by atoms with van der Waals surface area (Å²) in [5.74, 6) is 0.289. The van der Waals surface area contributed by atoms with Gasteiger partial charge in [0.1, 0.15) is 6.61 Å². The lowest BCUT2D eigenvalue weighted by Crippen LogP contribution is -2.22. The monoisotopic (exact) mass is 402 g/mol. The van der Waals surface area contributed by atoms with Crippen LogP contribution in [0.1, 0.15) is 20.8 Å². The highest BCUT2D eigenvalue weighted by molar-refractivity contribution is 9.10. The normalized spacial score (nSPS) is 10.4. The van der Waals surface area contributed by atoms with Crippen LogP contribution in [0.3, 0.4) is 0 Å². The number of amides is 1. The van der Waals surface area contributed by atoms with Crippen LogP contribution in [0.15, 0.2) is 64.6 Å². The number of hydrogen-bond acceptors (Lipinski definition) is 4. The van der Waals surface area contributed by atoms with Crippen LogP contribution in [0, 0.1) is 0 Å². The Bertz CT molecular complexity index is 821. The Morgan fingerprint density at radius 1 is 1.21 bits per heavy atom. The molecule has 1 aromatic carbocycles. The van der Waals surface area contributed by atoms with Crippen LogP contribution in [-0.4, -0.2) is 10.9 Å². The van der Waals surface area contributed by atoms with Crippen molar-refractivity contribution in [1.29, 1.82) is 0 Å². The van der Waals surface area contributed by atoms with Crippen molar-refractivity contribution in [3.8, 4) is 5.88 Å². The molecule has 6 heteroatoms. The SMILES string of the molecule is O=C(NCc1cc(Br)cs1)c1ccnc(OCc2ccccc2)c1. The average molecular weight is 403 g/mol. The Balaban J connectivity index is 1.58.